The van der Waals surface area contributed by atoms with Gasteiger partial charge in [0.05, 0.1) is 10.0 Å². The molecule has 3 heteroatoms. The molecule has 0 radical (unpaired) electrons. The molecule has 0 spiro atoms. The summed E-state index contributed by atoms with van der Waals surface area (Å²) in [6.45, 7) is 8.17. The van der Waals surface area contributed by atoms with Gasteiger partial charge in [-0.15, -0.1) is 0 Å². The van der Waals surface area contributed by atoms with Gasteiger partial charge in [-0.3, -0.25) is 0 Å². The first-order valence-electron chi connectivity index (χ1n) is 4.39. The molecule has 1 aromatic carbocycles. The van der Waals surface area contributed by atoms with E-state index in [1.807, 2.05) is 13.0 Å². The minimum Gasteiger partial charge on any atom is -0.0837 e. The van der Waals surface area contributed by atoms with Crippen molar-refractivity contribution in [1.29, 1.82) is 0 Å². The molecule has 0 aliphatic carbocycles. The van der Waals surface area contributed by atoms with Crippen LogP contribution in [0.2, 0.25) is 15.1 Å². The van der Waals surface area contributed by atoms with Crippen molar-refractivity contribution in [1.82, 2.24) is 0 Å². The predicted octanol–water partition coefficient (Wildman–Crippen LogP) is 5.25. The number of halogens is 3. The maximum atomic E-state index is 6.21. The van der Waals surface area contributed by atoms with E-state index in [4.69, 9.17) is 34.8 Å². The molecular weight excluding hydrogens is 238 g/mol. The number of rotatable bonds is 0. The van der Waals surface area contributed by atoms with Gasteiger partial charge in [0.25, 0.3) is 0 Å². The van der Waals surface area contributed by atoms with Crippen molar-refractivity contribution in [2.24, 2.45) is 0 Å². The Bertz CT molecular complexity index is 362. The summed E-state index contributed by atoms with van der Waals surface area (Å²) in [6.07, 6.45) is 0. The maximum absolute atomic E-state index is 6.21. The molecule has 1 rings (SSSR count). The number of hydrogen-bond donors (Lipinski definition) is 0. The summed E-state index contributed by atoms with van der Waals surface area (Å²) in [7, 11) is 0. The maximum Gasteiger partial charge on any atom is 0.0636 e. The van der Waals surface area contributed by atoms with E-state index < -0.39 is 0 Å². The summed E-state index contributed by atoms with van der Waals surface area (Å²) in [5.74, 6) is 0. The van der Waals surface area contributed by atoms with Gasteiger partial charge < -0.3 is 0 Å². The highest BCUT2D eigenvalue weighted by Crippen LogP contribution is 2.38. The summed E-state index contributed by atoms with van der Waals surface area (Å²) >= 11 is 18.2. The van der Waals surface area contributed by atoms with E-state index in [-0.39, 0.29) is 5.41 Å². The van der Waals surface area contributed by atoms with Crippen LogP contribution in [0.1, 0.15) is 31.9 Å². The van der Waals surface area contributed by atoms with Crippen LogP contribution in [0.5, 0.6) is 0 Å². The zero-order valence-corrected chi connectivity index (χ0v) is 11.0. The summed E-state index contributed by atoms with van der Waals surface area (Å²) in [6, 6.07) is 1.85. The second-order valence-electron chi connectivity index (χ2n) is 4.41. The Hall–Kier alpha value is 0.0900. The molecule has 0 bridgehead atoms. The lowest BCUT2D eigenvalue weighted by Crippen LogP contribution is -2.12. The molecule has 0 saturated carbocycles. The van der Waals surface area contributed by atoms with E-state index in [2.05, 4.69) is 20.8 Å². The van der Waals surface area contributed by atoms with Crippen molar-refractivity contribution >= 4 is 34.8 Å². The molecule has 0 saturated heterocycles. The van der Waals surface area contributed by atoms with Crippen LogP contribution in [0.15, 0.2) is 6.07 Å². The minimum atomic E-state index is -0.0178. The third-order valence-corrected chi connectivity index (χ3v) is 3.55. The standard InChI is InChI=1S/C11H13Cl3/c1-6-9(13)7(11(2,3)4)5-8(12)10(6)14/h5H,1-4H3. The zero-order chi connectivity index (χ0) is 11.1. The van der Waals surface area contributed by atoms with E-state index in [1.54, 1.807) is 0 Å². The Morgan fingerprint density at radius 2 is 1.50 bits per heavy atom. The van der Waals surface area contributed by atoms with Crippen molar-refractivity contribution in [2.75, 3.05) is 0 Å². The van der Waals surface area contributed by atoms with E-state index >= 15 is 0 Å². The normalized spacial score (nSPS) is 11.9. The summed E-state index contributed by atoms with van der Waals surface area (Å²) in [4.78, 5) is 0. The fraction of sp³-hybridized carbons (Fsp3) is 0.455. The fourth-order valence-electron chi connectivity index (χ4n) is 1.28. The van der Waals surface area contributed by atoms with Gasteiger partial charge in [-0.05, 0) is 29.5 Å². The Morgan fingerprint density at radius 1 is 1.00 bits per heavy atom. The summed E-state index contributed by atoms with van der Waals surface area (Å²) < 4.78 is 0. The number of benzene rings is 1. The Balaban J connectivity index is 3.49. The largest absolute Gasteiger partial charge is 0.0837 e. The smallest absolute Gasteiger partial charge is 0.0636 e. The van der Waals surface area contributed by atoms with Crippen LogP contribution in [0.4, 0.5) is 0 Å². The van der Waals surface area contributed by atoms with E-state index in [0.717, 1.165) is 11.1 Å². The molecule has 14 heavy (non-hydrogen) atoms. The second-order valence-corrected chi connectivity index (χ2v) is 5.57. The van der Waals surface area contributed by atoms with Crippen LogP contribution in [0.3, 0.4) is 0 Å². The molecule has 0 nitrogen and oxygen atoms in total. The first-order valence-corrected chi connectivity index (χ1v) is 5.53. The van der Waals surface area contributed by atoms with Crippen LogP contribution in [-0.4, -0.2) is 0 Å². The molecule has 0 atom stereocenters. The minimum absolute atomic E-state index is 0.0178. The van der Waals surface area contributed by atoms with Crippen LogP contribution in [0, 0.1) is 6.92 Å². The zero-order valence-electron chi connectivity index (χ0n) is 8.71. The third-order valence-electron chi connectivity index (χ3n) is 2.18. The average molecular weight is 252 g/mol. The molecule has 0 fully saturated rings. The lowest BCUT2D eigenvalue weighted by atomic mass is 9.86. The fourth-order valence-corrected chi connectivity index (χ4v) is 2.16. The van der Waals surface area contributed by atoms with Crippen molar-refractivity contribution in [3.63, 3.8) is 0 Å². The lowest BCUT2D eigenvalue weighted by molar-refractivity contribution is 0.590. The monoisotopic (exact) mass is 250 g/mol. The van der Waals surface area contributed by atoms with Gasteiger partial charge in [-0.1, -0.05) is 55.6 Å². The van der Waals surface area contributed by atoms with Crippen LogP contribution >= 0.6 is 34.8 Å². The van der Waals surface area contributed by atoms with Gasteiger partial charge in [-0.25, -0.2) is 0 Å². The average Bonchev–Trinajstić information content (AvgIpc) is 2.06. The molecule has 0 heterocycles. The van der Waals surface area contributed by atoms with Gasteiger partial charge >= 0.3 is 0 Å². The third kappa shape index (κ3) is 2.18. The van der Waals surface area contributed by atoms with Gasteiger partial charge in [0.15, 0.2) is 0 Å². The van der Waals surface area contributed by atoms with Crippen LogP contribution in [0.25, 0.3) is 0 Å². The van der Waals surface area contributed by atoms with Crippen molar-refractivity contribution in [3.8, 4) is 0 Å². The number of hydrogen-bond acceptors (Lipinski definition) is 0. The van der Waals surface area contributed by atoms with Gasteiger partial charge in [0.2, 0.25) is 0 Å². The summed E-state index contributed by atoms with van der Waals surface area (Å²) in [5.41, 5.74) is 1.87. The predicted molar refractivity (Wildman–Crippen MR) is 64.9 cm³/mol. The quantitative estimate of drug-likeness (QED) is 0.552. The lowest BCUT2D eigenvalue weighted by Gasteiger charge is -2.22. The molecule has 0 N–H and O–H groups in total. The SMILES string of the molecule is Cc1c(Cl)c(Cl)cc(C(C)(C)C)c1Cl. The second kappa shape index (κ2) is 3.92. The van der Waals surface area contributed by atoms with Crippen molar-refractivity contribution in [2.45, 2.75) is 33.1 Å². The molecule has 0 aromatic heterocycles. The first kappa shape index (κ1) is 12.2. The Kier molecular flexibility index (Phi) is 3.41. The van der Waals surface area contributed by atoms with E-state index in [1.165, 1.54) is 0 Å². The van der Waals surface area contributed by atoms with Crippen molar-refractivity contribution in [3.05, 3.63) is 32.3 Å². The Labute approximate surface area is 100 Å². The molecule has 1 aromatic rings. The summed E-state index contributed by atoms with van der Waals surface area (Å²) in [5, 5.41) is 1.83. The van der Waals surface area contributed by atoms with Gasteiger partial charge in [-0.2, -0.15) is 0 Å². The molecule has 0 unspecified atom stereocenters. The first-order chi connectivity index (χ1) is 6.25. The molecule has 0 aliphatic rings. The van der Waals surface area contributed by atoms with E-state index in [0.29, 0.717) is 15.1 Å². The van der Waals surface area contributed by atoms with Gasteiger partial charge in [0, 0.05) is 5.02 Å². The topological polar surface area (TPSA) is 0 Å². The van der Waals surface area contributed by atoms with Crippen LogP contribution < -0.4 is 0 Å². The van der Waals surface area contributed by atoms with E-state index in [9.17, 15) is 0 Å². The molecule has 0 amide bonds. The molecular formula is C11H13Cl3. The van der Waals surface area contributed by atoms with Crippen molar-refractivity contribution < 1.29 is 0 Å². The molecule has 78 valence electrons. The highest BCUT2D eigenvalue weighted by Gasteiger charge is 2.21. The van der Waals surface area contributed by atoms with Crippen LogP contribution in [-0.2, 0) is 5.41 Å². The van der Waals surface area contributed by atoms with Gasteiger partial charge in [0.1, 0.15) is 0 Å². The highest BCUT2D eigenvalue weighted by atomic mass is 35.5. The molecule has 0 aliphatic heterocycles. The highest BCUT2D eigenvalue weighted by molar-refractivity contribution is 6.44. The Morgan fingerprint density at radius 3 is 1.93 bits per heavy atom.